The van der Waals surface area contributed by atoms with Gasteiger partial charge in [-0.05, 0) is 29.8 Å². The van der Waals surface area contributed by atoms with Crippen molar-refractivity contribution in [1.29, 1.82) is 0 Å². The highest BCUT2D eigenvalue weighted by Crippen LogP contribution is 2.28. The number of hydrogen-bond acceptors (Lipinski definition) is 6. The average molecular weight is 401 g/mol. The second-order valence-corrected chi connectivity index (χ2v) is 7.75. The number of thiophene rings is 1. The van der Waals surface area contributed by atoms with Crippen molar-refractivity contribution >= 4 is 34.9 Å². The molecule has 2 aromatic rings. The van der Waals surface area contributed by atoms with Crippen LogP contribution in [0.15, 0.2) is 36.4 Å². The van der Waals surface area contributed by atoms with Gasteiger partial charge in [0, 0.05) is 23.5 Å². The Morgan fingerprint density at radius 2 is 2.00 bits per heavy atom. The molecule has 2 fully saturated rings. The SMILES string of the molecule is NC(=O)c1ccc(CC2CN(c3ccc(C4OCCNC4=O)cc3)C(=O)O2)s1. The van der Waals surface area contributed by atoms with Gasteiger partial charge in [-0.1, -0.05) is 12.1 Å². The lowest BCUT2D eigenvalue weighted by Crippen LogP contribution is -2.39. The van der Waals surface area contributed by atoms with Crippen molar-refractivity contribution in [2.75, 3.05) is 24.6 Å². The largest absolute Gasteiger partial charge is 0.444 e. The van der Waals surface area contributed by atoms with Crippen LogP contribution in [0.3, 0.4) is 0 Å². The van der Waals surface area contributed by atoms with E-state index in [0.717, 1.165) is 10.4 Å². The number of nitrogens with one attached hydrogen (secondary N) is 1. The zero-order chi connectivity index (χ0) is 19.7. The van der Waals surface area contributed by atoms with Crippen molar-refractivity contribution in [3.05, 3.63) is 51.7 Å². The molecule has 2 aliphatic heterocycles. The lowest BCUT2D eigenvalue weighted by atomic mass is 10.1. The van der Waals surface area contributed by atoms with E-state index in [1.54, 1.807) is 35.2 Å². The van der Waals surface area contributed by atoms with E-state index < -0.39 is 18.1 Å². The first-order valence-electron chi connectivity index (χ1n) is 8.87. The maximum Gasteiger partial charge on any atom is 0.414 e. The number of ether oxygens (including phenoxy) is 2. The first-order chi connectivity index (χ1) is 13.5. The van der Waals surface area contributed by atoms with Crippen LogP contribution in [-0.4, -0.2) is 43.7 Å². The molecular weight excluding hydrogens is 382 g/mol. The highest BCUT2D eigenvalue weighted by molar-refractivity contribution is 7.14. The molecule has 2 aliphatic rings. The Hall–Kier alpha value is -2.91. The number of nitrogens with two attached hydrogens (primary N) is 1. The summed E-state index contributed by atoms with van der Waals surface area (Å²) in [4.78, 5) is 38.4. The van der Waals surface area contributed by atoms with Crippen LogP contribution in [0.5, 0.6) is 0 Å². The number of benzene rings is 1. The molecule has 3 amide bonds. The lowest BCUT2D eigenvalue weighted by molar-refractivity contribution is -0.138. The number of cyclic esters (lactones) is 1. The molecule has 146 valence electrons. The summed E-state index contributed by atoms with van der Waals surface area (Å²) in [5.74, 6) is -0.622. The highest BCUT2D eigenvalue weighted by atomic mass is 32.1. The number of primary amides is 1. The smallest absolute Gasteiger partial charge is 0.414 e. The maximum absolute atomic E-state index is 12.3. The average Bonchev–Trinajstić information content (AvgIpc) is 3.29. The van der Waals surface area contributed by atoms with Crippen molar-refractivity contribution in [2.24, 2.45) is 5.73 Å². The first kappa shape index (κ1) is 18.5. The molecular formula is C19H19N3O5S. The summed E-state index contributed by atoms with van der Waals surface area (Å²) in [7, 11) is 0. The Morgan fingerprint density at radius 3 is 2.68 bits per heavy atom. The van der Waals surface area contributed by atoms with Gasteiger partial charge in [-0.3, -0.25) is 14.5 Å². The molecule has 2 atom stereocenters. The predicted molar refractivity (Wildman–Crippen MR) is 102 cm³/mol. The first-order valence-corrected chi connectivity index (χ1v) is 9.69. The van der Waals surface area contributed by atoms with E-state index in [1.807, 2.05) is 6.07 Å². The molecule has 0 radical (unpaired) electrons. The number of carbonyl (C=O) groups excluding carboxylic acids is 3. The third kappa shape index (κ3) is 3.71. The summed E-state index contributed by atoms with van der Waals surface area (Å²) in [6.45, 7) is 1.39. The zero-order valence-electron chi connectivity index (χ0n) is 14.9. The van der Waals surface area contributed by atoms with Crippen LogP contribution in [0.4, 0.5) is 10.5 Å². The predicted octanol–water partition coefficient (Wildman–Crippen LogP) is 1.60. The minimum Gasteiger partial charge on any atom is -0.444 e. The van der Waals surface area contributed by atoms with Crippen molar-refractivity contribution < 1.29 is 23.9 Å². The summed E-state index contributed by atoms with van der Waals surface area (Å²) < 4.78 is 11.0. The lowest BCUT2D eigenvalue weighted by Gasteiger charge is -2.23. The summed E-state index contributed by atoms with van der Waals surface area (Å²) in [5.41, 5.74) is 6.70. The number of rotatable bonds is 5. The van der Waals surface area contributed by atoms with Gasteiger partial charge in [0.05, 0.1) is 18.0 Å². The maximum atomic E-state index is 12.3. The zero-order valence-corrected chi connectivity index (χ0v) is 15.7. The molecule has 2 unspecified atom stereocenters. The highest BCUT2D eigenvalue weighted by Gasteiger charge is 2.33. The number of hydrogen-bond donors (Lipinski definition) is 2. The molecule has 2 saturated heterocycles. The van der Waals surface area contributed by atoms with Crippen molar-refractivity contribution in [2.45, 2.75) is 18.6 Å². The summed E-state index contributed by atoms with van der Waals surface area (Å²) in [6.07, 6.45) is -0.830. The van der Waals surface area contributed by atoms with Gasteiger partial charge in [-0.25, -0.2) is 4.79 Å². The van der Waals surface area contributed by atoms with Crippen molar-refractivity contribution in [3.8, 4) is 0 Å². The Balaban J connectivity index is 1.42. The summed E-state index contributed by atoms with van der Waals surface area (Å²) in [6, 6.07) is 10.6. The van der Waals surface area contributed by atoms with Crippen molar-refractivity contribution in [1.82, 2.24) is 5.32 Å². The molecule has 0 saturated carbocycles. The molecule has 0 spiro atoms. The standard InChI is InChI=1S/C19H19N3O5S/c20-17(23)15-6-5-14(28-15)9-13-10-22(19(25)27-13)12-3-1-11(2-4-12)16-18(24)21-7-8-26-16/h1-6,13,16H,7-10H2,(H2,20,23)(H,21,24). The topological polar surface area (TPSA) is 111 Å². The Morgan fingerprint density at radius 1 is 1.21 bits per heavy atom. The molecule has 0 aliphatic carbocycles. The summed E-state index contributed by atoms with van der Waals surface area (Å²) >= 11 is 1.31. The Labute approximate surface area is 165 Å². The van der Waals surface area contributed by atoms with E-state index in [9.17, 15) is 14.4 Å². The number of amides is 3. The minimum atomic E-state index is -0.626. The molecule has 3 heterocycles. The minimum absolute atomic E-state index is 0.161. The van der Waals surface area contributed by atoms with Gasteiger partial charge in [0.2, 0.25) is 0 Å². The van der Waals surface area contributed by atoms with Crippen LogP contribution >= 0.6 is 11.3 Å². The Bertz CT molecular complexity index is 911. The number of carbonyl (C=O) groups is 3. The Kier molecular flexibility index (Phi) is 5.01. The van der Waals surface area contributed by atoms with Gasteiger partial charge >= 0.3 is 6.09 Å². The van der Waals surface area contributed by atoms with Gasteiger partial charge < -0.3 is 20.5 Å². The van der Waals surface area contributed by atoms with E-state index in [4.69, 9.17) is 15.2 Å². The number of anilines is 1. The number of nitrogens with zero attached hydrogens (tertiary/aromatic N) is 1. The molecule has 0 bridgehead atoms. The molecule has 1 aromatic carbocycles. The fourth-order valence-corrected chi connectivity index (χ4v) is 4.20. The fraction of sp³-hybridized carbons (Fsp3) is 0.316. The fourth-order valence-electron chi connectivity index (χ4n) is 3.28. The molecule has 3 N–H and O–H groups in total. The third-order valence-electron chi connectivity index (χ3n) is 4.64. The van der Waals surface area contributed by atoms with Crippen LogP contribution < -0.4 is 16.0 Å². The van der Waals surface area contributed by atoms with Gasteiger partial charge in [-0.2, -0.15) is 0 Å². The van der Waals surface area contributed by atoms with E-state index >= 15 is 0 Å². The van der Waals surface area contributed by atoms with Crippen LogP contribution in [0.1, 0.15) is 26.2 Å². The van der Waals surface area contributed by atoms with E-state index in [-0.39, 0.29) is 12.0 Å². The van der Waals surface area contributed by atoms with Crippen molar-refractivity contribution in [3.63, 3.8) is 0 Å². The molecule has 28 heavy (non-hydrogen) atoms. The molecule has 8 nitrogen and oxygen atoms in total. The monoisotopic (exact) mass is 401 g/mol. The van der Waals surface area contributed by atoms with Crippen LogP contribution in [0.25, 0.3) is 0 Å². The van der Waals surface area contributed by atoms with Crippen LogP contribution in [0, 0.1) is 0 Å². The van der Waals surface area contributed by atoms with E-state index in [0.29, 0.717) is 36.7 Å². The third-order valence-corrected chi connectivity index (χ3v) is 5.76. The van der Waals surface area contributed by atoms with Gasteiger partial charge in [0.25, 0.3) is 11.8 Å². The van der Waals surface area contributed by atoms with Gasteiger partial charge in [0.1, 0.15) is 6.10 Å². The van der Waals surface area contributed by atoms with E-state index in [1.165, 1.54) is 11.3 Å². The van der Waals surface area contributed by atoms with Gasteiger partial charge in [-0.15, -0.1) is 11.3 Å². The van der Waals surface area contributed by atoms with Gasteiger partial charge in [0.15, 0.2) is 6.10 Å². The van der Waals surface area contributed by atoms with Crippen LogP contribution in [-0.2, 0) is 20.7 Å². The molecule has 4 rings (SSSR count). The normalized spacial score (nSPS) is 22.1. The quantitative estimate of drug-likeness (QED) is 0.791. The van der Waals surface area contributed by atoms with Crippen LogP contribution in [0.2, 0.25) is 0 Å². The molecule has 1 aromatic heterocycles. The van der Waals surface area contributed by atoms with E-state index in [2.05, 4.69) is 5.32 Å². The second kappa shape index (κ2) is 7.61. The number of morpholine rings is 1. The molecule has 9 heteroatoms. The second-order valence-electron chi connectivity index (χ2n) is 6.58. The summed E-state index contributed by atoms with van der Waals surface area (Å²) in [5, 5.41) is 2.77.